The summed E-state index contributed by atoms with van der Waals surface area (Å²) in [6.45, 7) is 0. The first-order valence-corrected chi connectivity index (χ1v) is 9.21. The molecule has 0 bridgehead atoms. The molecular formula is C20H19FN4O. The summed E-state index contributed by atoms with van der Waals surface area (Å²) in [6, 6.07) is 4.93. The molecule has 1 atom stereocenters. The Labute approximate surface area is 150 Å². The van der Waals surface area contributed by atoms with Gasteiger partial charge in [-0.15, -0.1) is 0 Å². The van der Waals surface area contributed by atoms with Crippen molar-refractivity contribution in [1.29, 1.82) is 0 Å². The van der Waals surface area contributed by atoms with Gasteiger partial charge in [-0.05, 0) is 36.1 Å². The van der Waals surface area contributed by atoms with E-state index < -0.39 is 5.92 Å². The first kappa shape index (κ1) is 15.6. The van der Waals surface area contributed by atoms with Crippen molar-refractivity contribution in [2.24, 2.45) is 0 Å². The predicted molar refractivity (Wildman–Crippen MR) is 94.4 cm³/mol. The number of carbonyl (C=O) groups excluding carboxylic acids is 1. The van der Waals surface area contributed by atoms with Crippen molar-refractivity contribution in [3.05, 3.63) is 53.4 Å². The number of fused-ring (bicyclic) bond motifs is 2. The number of rotatable bonds is 2. The van der Waals surface area contributed by atoms with Crippen molar-refractivity contribution in [2.75, 3.05) is 0 Å². The SMILES string of the molecule is O=C1Cc2ccc(F)cc2C1c1ncnc2c1cnn2C1CCCCC1. The summed E-state index contributed by atoms with van der Waals surface area (Å²) in [5.41, 5.74) is 3.03. The van der Waals surface area contributed by atoms with Gasteiger partial charge in [-0.25, -0.2) is 19.0 Å². The van der Waals surface area contributed by atoms with Crippen molar-refractivity contribution in [1.82, 2.24) is 19.7 Å². The van der Waals surface area contributed by atoms with E-state index in [0.717, 1.165) is 35.0 Å². The largest absolute Gasteiger partial charge is 0.298 e. The molecular weight excluding hydrogens is 331 g/mol. The number of nitrogens with zero attached hydrogens (tertiary/aromatic N) is 4. The van der Waals surface area contributed by atoms with Crippen molar-refractivity contribution < 1.29 is 9.18 Å². The monoisotopic (exact) mass is 350 g/mol. The van der Waals surface area contributed by atoms with Crippen molar-refractivity contribution in [3.63, 3.8) is 0 Å². The normalized spacial score (nSPS) is 20.7. The third-order valence-electron chi connectivity index (χ3n) is 5.72. The number of aromatic nitrogens is 4. The molecule has 1 fully saturated rings. The number of carbonyl (C=O) groups is 1. The van der Waals surface area contributed by atoms with Crippen LogP contribution in [0.5, 0.6) is 0 Å². The van der Waals surface area contributed by atoms with Crippen LogP contribution in [0.4, 0.5) is 4.39 Å². The third kappa shape index (κ3) is 2.35. The van der Waals surface area contributed by atoms with Gasteiger partial charge in [0.2, 0.25) is 0 Å². The maximum atomic E-state index is 13.8. The molecule has 3 aromatic rings. The highest BCUT2D eigenvalue weighted by molar-refractivity contribution is 5.98. The second kappa shape index (κ2) is 5.97. The van der Waals surface area contributed by atoms with E-state index in [9.17, 15) is 9.18 Å². The number of Topliss-reactive ketones (excluding diaryl/α,β-unsaturated/α-hetero) is 1. The molecule has 2 heterocycles. The van der Waals surface area contributed by atoms with Crippen LogP contribution in [0.1, 0.15) is 60.9 Å². The lowest BCUT2D eigenvalue weighted by atomic mass is 9.94. The minimum Gasteiger partial charge on any atom is -0.298 e. The van der Waals surface area contributed by atoms with Gasteiger partial charge in [0.1, 0.15) is 12.1 Å². The number of benzene rings is 1. The molecule has 0 amide bonds. The van der Waals surface area contributed by atoms with E-state index >= 15 is 0 Å². The molecule has 2 aliphatic rings. The van der Waals surface area contributed by atoms with Crippen molar-refractivity contribution >= 4 is 16.8 Å². The van der Waals surface area contributed by atoms with Crippen molar-refractivity contribution in [2.45, 2.75) is 50.5 Å². The molecule has 6 heteroatoms. The molecule has 1 unspecified atom stereocenters. The zero-order valence-corrected chi connectivity index (χ0v) is 14.4. The number of halogens is 1. The summed E-state index contributed by atoms with van der Waals surface area (Å²) in [7, 11) is 0. The fourth-order valence-corrected chi connectivity index (χ4v) is 4.46. The van der Waals surface area contributed by atoms with Gasteiger partial charge in [0.25, 0.3) is 0 Å². The van der Waals surface area contributed by atoms with Gasteiger partial charge in [-0.2, -0.15) is 5.10 Å². The molecule has 2 aliphatic carbocycles. The van der Waals surface area contributed by atoms with Crippen LogP contribution in [0, 0.1) is 5.82 Å². The van der Waals surface area contributed by atoms with Crippen LogP contribution in [0.2, 0.25) is 0 Å². The molecule has 0 saturated heterocycles. The Hall–Kier alpha value is -2.63. The molecule has 0 radical (unpaired) electrons. The van der Waals surface area contributed by atoms with E-state index in [4.69, 9.17) is 0 Å². The van der Waals surface area contributed by atoms with Gasteiger partial charge in [-0.1, -0.05) is 25.3 Å². The van der Waals surface area contributed by atoms with E-state index in [1.165, 1.54) is 37.7 Å². The fourth-order valence-electron chi connectivity index (χ4n) is 4.46. The number of ketones is 1. The standard InChI is InChI=1S/C20H19FN4O/c21-13-7-6-12-8-17(26)18(15(12)9-13)19-16-10-24-25(20(16)23-11-22-19)14-4-2-1-3-5-14/h6-7,9-11,14,18H,1-5,8H2. The van der Waals surface area contributed by atoms with Crippen LogP contribution in [-0.4, -0.2) is 25.5 Å². The van der Waals surface area contributed by atoms with Crippen LogP contribution < -0.4 is 0 Å². The molecule has 2 aromatic heterocycles. The van der Waals surface area contributed by atoms with Gasteiger partial charge >= 0.3 is 0 Å². The molecule has 0 N–H and O–H groups in total. The maximum absolute atomic E-state index is 13.8. The van der Waals surface area contributed by atoms with Gasteiger partial charge in [0, 0.05) is 6.42 Å². The zero-order valence-electron chi connectivity index (χ0n) is 14.4. The highest BCUT2D eigenvalue weighted by Crippen LogP contribution is 2.38. The van der Waals surface area contributed by atoms with Gasteiger partial charge in [-0.3, -0.25) is 4.79 Å². The molecule has 1 saturated carbocycles. The Morgan fingerprint density at radius 2 is 1.96 bits per heavy atom. The van der Waals surface area contributed by atoms with Crippen LogP contribution >= 0.6 is 0 Å². The second-order valence-electron chi connectivity index (χ2n) is 7.30. The van der Waals surface area contributed by atoms with Crippen LogP contribution in [0.15, 0.2) is 30.7 Å². The Bertz CT molecular complexity index is 1010. The highest BCUT2D eigenvalue weighted by Gasteiger charge is 2.35. The van der Waals surface area contributed by atoms with Crippen molar-refractivity contribution in [3.8, 4) is 0 Å². The summed E-state index contributed by atoms with van der Waals surface area (Å²) in [6.07, 6.45) is 9.49. The van der Waals surface area contributed by atoms with E-state index in [2.05, 4.69) is 15.1 Å². The maximum Gasteiger partial charge on any atom is 0.161 e. The highest BCUT2D eigenvalue weighted by atomic mass is 19.1. The summed E-state index contributed by atoms with van der Waals surface area (Å²) in [5, 5.41) is 5.38. The Morgan fingerprint density at radius 1 is 1.12 bits per heavy atom. The molecule has 5 nitrogen and oxygen atoms in total. The van der Waals surface area contributed by atoms with E-state index in [1.807, 2.05) is 4.68 Å². The van der Waals surface area contributed by atoms with Gasteiger partial charge < -0.3 is 0 Å². The minimum absolute atomic E-state index is 0.0519. The minimum atomic E-state index is -0.532. The summed E-state index contributed by atoms with van der Waals surface area (Å²) in [4.78, 5) is 21.6. The van der Waals surface area contributed by atoms with E-state index in [-0.39, 0.29) is 11.6 Å². The summed E-state index contributed by atoms with van der Waals surface area (Å²) >= 11 is 0. The first-order chi connectivity index (χ1) is 12.7. The van der Waals surface area contributed by atoms with E-state index in [0.29, 0.717) is 18.2 Å². The molecule has 0 aliphatic heterocycles. The molecule has 26 heavy (non-hydrogen) atoms. The average molecular weight is 350 g/mol. The second-order valence-corrected chi connectivity index (χ2v) is 7.30. The van der Waals surface area contributed by atoms with Crippen LogP contribution in [-0.2, 0) is 11.2 Å². The Morgan fingerprint density at radius 3 is 2.81 bits per heavy atom. The zero-order chi connectivity index (χ0) is 17.7. The van der Waals surface area contributed by atoms with E-state index in [1.54, 1.807) is 12.3 Å². The molecule has 5 rings (SSSR count). The summed E-state index contributed by atoms with van der Waals surface area (Å²) < 4.78 is 15.8. The topological polar surface area (TPSA) is 60.7 Å². The molecule has 1 aromatic carbocycles. The fraction of sp³-hybridized carbons (Fsp3) is 0.400. The average Bonchev–Trinajstić information content (AvgIpc) is 3.23. The lowest BCUT2D eigenvalue weighted by Crippen LogP contribution is -2.15. The van der Waals surface area contributed by atoms with Crippen LogP contribution in [0.3, 0.4) is 0 Å². The lowest BCUT2D eigenvalue weighted by molar-refractivity contribution is -0.118. The summed E-state index contributed by atoms with van der Waals surface area (Å²) in [5.74, 6) is -0.808. The van der Waals surface area contributed by atoms with Crippen LogP contribution in [0.25, 0.3) is 11.0 Å². The number of hydrogen-bond acceptors (Lipinski definition) is 4. The number of hydrogen-bond donors (Lipinski definition) is 0. The molecule has 132 valence electrons. The third-order valence-corrected chi connectivity index (χ3v) is 5.72. The first-order valence-electron chi connectivity index (χ1n) is 9.21. The lowest BCUT2D eigenvalue weighted by Gasteiger charge is -2.22. The molecule has 0 spiro atoms. The Balaban J connectivity index is 1.63. The quantitative estimate of drug-likeness (QED) is 0.707. The van der Waals surface area contributed by atoms with Gasteiger partial charge in [0.05, 0.1) is 29.2 Å². The van der Waals surface area contributed by atoms with Gasteiger partial charge in [0.15, 0.2) is 11.4 Å². The Kier molecular flexibility index (Phi) is 3.58. The smallest absolute Gasteiger partial charge is 0.161 e. The predicted octanol–water partition coefficient (Wildman–Crippen LogP) is 3.73.